The molecular formula is C18H29N3O2. The van der Waals surface area contributed by atoms with Gasteiger partial charge in [0.05, 0.1) is 13.1 Å². The zero-order valence-corrected chi connectivity index (χ0v) is 15.1. The summed E-state index contributed by atoms with van der Waals surface area (Å²) in [6.45, 7) is 14.2. The molecular weight excluding hydrogens is 290 g/mol. The highest BCUT2D eigenvalue weighted by Gasteiger charge is 2.19. The number of carbonyl (C=O) groups excluding carboxylic acids is 2. The quantitative estimate of drug-likeness (QED) is 0.518. The largest absolute Gasteiger partial charge is 0.345 e. The van der Waals surface area contributed by atoms with Crippen LogP contribution in [-0.2, 0) is 11.3 Å². The third-order valence-electron chi connectivity index (χ3n) is 4.12. The summed E-state index contributed by atoms with van der Waals surface area (Å²) in [4.78, 5) is 28.2. The van der Waals surface area contributed by atoms with Crippen LogP contribution in [-0.4, -0.2) is 59.3 Å². The lowest BCUT2D eigenvalue weighted by atomic mass is 10.1. The molecule has 0 aliphatic rings. The minimum Gasteiger partial charge on any atom is -0.345 e. The number of aromatic nitrogens is 1. The highest BCUT2D eigenvalue weighted by Crippen LogP contribution is 2.16. The van der Waals surface area contributed by atoms with Crippen LogP contribution in [0.25, 0.3) is 0 Å². The van der Waals surface area contributed by atoms with Crippen LogP contribution in [0.5, 0.6) is 0 Å². The number of amides is 1. The highest BCUT2D eigenvalue weighted by atomic mass is 16.2. The van der Waals surface area contributed by atoms with Crippen LogP contribution in [0.15, 0.2) is 18.7 Å². The number of ketones is 1. The van der Waals surface area contributed by atoms with Crippen molar-refractivity contribution in [2.45, 2.75) is 34.2 Å². The van der Waals surface area contributed by atoms with Crippen LogP contribution < -0.4 is 0 Å². The van der Waals surface area contributed by atoms with E-state index in [1.165, 1.54) is 0 Å². The molecule has 0 saturated heterocycles. The number of likely N-dealkylation sites (N-methyl/N-ethyl adjacent to an activating group) is 2. The average Bonchev–Trinajstić information content (AvgIpc) is 2.77. The summed E-state index contributed by atoms with van der Waals surface area (Å²) in [5, 5.41) is 0. The van der Waals surface area contributed by atoms with E-state index < -0.39 is 0 Å². The van der Waals surface area contributed by atoms with Gasteiger partial charge in [0.1, 0.15) is 0 Å². The molecule has 1 heterocycles. The number of nitrogens with zero attached hydrogens (tertiary/aromatic N) is 3. The third-order valence-corrected chi connectivity index (χ3v) is 4.12. The lowest BCUT2D eigenvalue weighted by Crippen LogP contribution is -2.40. The van der Waals surface area contributed by atoms with Gasteiger partial charge in [0, 0.05) is 36.6 Å². The van der Waals surface area contributed by atoms with Gasteiger partial charge in [-0.05, 0) is 40.8 Å². The second kappa shape index (κ2) is 8.67. The van der Waals surface area contributed by atoms with Gasteiger partial charge in [0.15, 0.2) is 5.78 Å². The van der Waals surface area contributed by atoms with Crippen molar-refractivity contribution in [3.63, 3.8) is 0 Å². The van der Waals surface area contributed by atoms with Crippen molar-refractivity contribution in [3.8, 4) is 0 Å². The summed E-state index contributed by atoms with van der Waals surface area (Å²) in [7, 11) is 1.81. The molecule has 0 fully saturated rings. The van der Waals surface area contributed by atoms with Crippen LogP contribution in [0, 0.1) is 13.8 Å². The molecule has 1 aromatic rings. The summed E-state index contributed by atoms with van der Waals surface area (Å²) < 4.78 is 2.07. The fourth-order valence-electron chi connectivity index (χ4n) is 2.79. The number of rotatable bonds is 9. The maximum atomic E-state index is 12.5. The molecule has 5 heteroatoms. The molecule has 1 rings (SSSR count). The van der Waals surface area contributed by atoms with Gasteiger partial charge in [-0.15, -0.1) is 6.58 Å². The van der Waals surface area contributed by atoms with E-state index >= 15 is 0 Å². The molecule has 0 aliphatic carbocycles. The van der Waals surface area contributed by atoms with Crippen molar-refractivity contribution in [1.29, 1.82) is 0 Å². The number of aryl methyl sites for hydroxylation is 1. The second-order valence-corrected chi connectivity index (χ2v) is 5.85. The second-order valence-electron chi connectivity index (χ2n) is 5.85. The molecule has 1 aromatic heterocycles. The number of carbonyl (C=O) groups is 2. The van der Waals surface area contributed by atoms with E-state index in [4.69, 9.17) is 0 Å². The first-order valence-corrected chi connectivity index (χ1v) is 8.12. The molecule has 0 spiro atoms. The molecule has 0 bridgehead atoms. The minimum atomic E-state index is 0.0447. The molecule has 0 atom stereocenters. The summed E-state index contributed by atoms with van der Waals surface area (Å²) in [5.41, 5.74) is 2.73. The summed E-state index contributed by atoms with van der Waals surface area (Å²) >= 11 is 0. The van der Waals surface area contributed by atoms with E-state index in [1.807, 2.05) is 46.9 Å². The smallest absolute Gasteiger partial charge is 0.236 e. The minimum absolute atomic E-state index is 0.0447. The van der Waals surface area contributed by atoms with E-state index in [0.717, 1.165) is 17.0 Å². The summed E-state index contributed by atoms with van der Waals surface area (Å²) in [6, 6.07) is 1.92. The normalized spacial score (nSPS) is 10.9. The van der Waals surface area contributed by atoms with Crippen molar-refractivity contribution in [2.24, 2.45) is 0 Å². The number of Topliss-reactive ketones (excluding diaryl/α,β-unsaturated/α-hetero) is 1. The molecule has 5 nitrogen and oxygen atoms in total. The molecule has 128 valence electrons. The Bertz CT molecular complexity index is 571. The summed E-state index contributed by atoms with van der Waals surface area (Å²) in [6.07, 6.45) is 1.82. The Labute approximate surface area is 139 Å². The van der Waals surface area contributed by atoms with E-state index in [-0.39, 0.29) is 24.8 Å². The van der Waals surface area contributed by atoms with Gasteiger partial charge in [-0.3, -0.25) is 14.5 Å². The Balaban J connectivity index is 2.74. The highest BCUT2D eigenvalue weighted by molar-refractivity contribution is 5.99. The zero-order valence-electron chi connectivity index (χ0n) is 15.1. The zero-order chi connectivity index (χ0) is 17.6. The number of hydrogen-bond donors (Lipinski definition) is 0. The molecule has 23 heavy (non-hydrogen) atoms. The Morgan fingerprint density at radius 2 is 1.83 bits per heavy atom. The Kier molecular flexibility index (Phi) is 7.23. The van der Waals surface area contributed by atoms with Gasteiger partial charge in [0.2, 0.25) is 5.91 Å². The van der Waals surface area contributed by atoms with Crippen molar-refractivity contribution >= 4 is 11.7 Å². The predicted octanol–water partition coefficient (Wildman–Crippen LogP) is 2.27. The number of allylic oxidation sites excluding steroid dienone is 1. The van der Waals surface area contributed by atoms with Gasteiger partial charge in [0.25, 0.3) is 0 Å². The summed E-state index contributed by atoms with van der Waals surface area (Å²) in [5.74, 6) is 0.102. The monoisotopic (exact) mass is 319 g/mol. The van der Waals surface area contributed by atoms with E-state index in [1.54, 1.807) is 9.80 Å². The predicted molar refractivity (Wildman–Crippen MR) is 93.9 cm³/mol. The Morgan fingerprint density at radius 3 is 2.35 bits per heavy atom. The third kappa shape index (κ3) is 4.79. The Hall–Kier alpha value is -1.88. The van der Waals surface area contributed by atoms with Crippen LogP contribution in [0.2, 0.25) is 0 Å². The molecule has 0 saturated carbocycles. The first kappa shape index (κ1) is 19.2. The molecule has 0 aliphatic heterocycles. The van der Waals surface area contributed by atoms with Crippen LogP contribution in [0.4, 0.5) is 0 Å². The van der Waals surface area contributed by atoms with E-state index in [9.17, 15) is 9.59 Å². The maximum Gasteiger partial charge on any atom is 0.236 e. The van der Waals surface area contributed by atoms with Gasteiger partial charge in [-0.25, -0.2) is 0 Å². The van der Waals surface area contributed by atoms with Gasteiger partial charge in [-0.1, -0.05) is 6.08 Å². The van der Waals surface area contributed by atoms with Gasteiger partial charge < -0.3 is 9.47 Å². The Morgan fingerprint density at radius 1 is 1.22 bits per heavy atom. The van der Waals surface area contributed by atoms with Crippen molar-refractivity contribution in [1.82, 2.24) is 14.4 Å². The SMILES string of the molecule is C=CCn1c(C)cc(C(=O)CN(C)CC(=O)N(CC)CC)c1C. The molecule has 0 N–H and O–H groups in total. The van der Waals surface area contributed by atoms with Crippen molar-refractivity contribution in [3.05, 3.63) is 35.7 Å². The lowest BCUT2D eigenvalue weighted by Gasteiger charge is -2.22. The fraction of sp³-hybridized carbons (Fsp3) is 0.556. The van der Waals surface area contributed by atoms with Gasteiger partial charge >= 0.3 is 0 Å². The molecule has 0 aromatic carbocycles. The molecule has 0 unspecified atom stereocenters. The first-order chi connectivity index (χ1) is 10.8. The standard InChI is InChI=1S/C18H29N3O2/c1-7-10-21-14(4)11-16(15(21)5)17(22)12-19(6)13-18(23)20(8-2)9-3/h7,11H,1,8-10,12-13H2,2-6H3. The topological polar surface area (TPSA) is 45.6 Å². The van der Waals surface area contributed by atoms with E-state index in [2.05, 4.69) is 11.1 Å². The molecule has 0 radical (unpaired) electrons. The van der Waals surface area contributed by atoms with Crippen LogP contribution in [0.1, 0.15) is 35.6 Å². The van der Waals surface area contributed by atoms with E-state index in [0.29, 0.717) is 19.6 Å². The molecule has 1 amide bonds. The maximum absolute atomic E-state index is 12.5. The van der Waals surface area contributed by atoms with Crippen molar-refractivity contribution in [2.75, 3.05) is 33.2 Å². The fourth-order valence-corrected chi connectivity index (χ4v) is 2.79. The van der Waals surface area contributed by atoms with Gasteiger partial charge in [-0.2, -0.15) is 0 Å². The van der Waals surface area contributed by atoms with Crippen molar-refractivity contribution < 1.29 is 9.59 Å². The first-order valence-electron chi connectivity index (χ1n) is 8.12. The number of hydrogen-bond acceptors (Lipinski definition) is 3. The average molecular weight is 319 g/mol. The van der Waals surface area contributed by atoms with Crippen LogP contribution >= 0.6 is 0 Å². The van der Waals surface area contributed by atoms with Crippen LogP contribution in [0.3, 0.4) is 0 Å². The lowest BCUT2D eigenvalue weighted by molar-refractivity contribution is -0.131.